The van der Waals surface area contributed by atoms with Gasteiger partial charge < -0.3 is 10.6 Å². The van der Waals surface area contributed by atoms with E-state index in [2.05, 4.69) is 15.6 Å². The highest BCUT2D eigenvalue weighted by Crippen LogP contribution is 2.33. The fourth-order valence-corrected chi connectivity index (χ4v) is 4.81. The molecule has 1 unspecified atom stereocenters. The zero-order valence-corrected chi connectivity index (χ0v) is 19.7. The van der Waals surface area contributed by atoms with Crippen LogP contribution in [0.25, 0.3) is 6.08 Å². The van der Waals surface area contributed by atoms with Gasteiger partial charge in [-0.05, 0) is 41.5 Å². The van der Waals surface area contributed by atoms with Crippen LogP contribution >= 0.6 is 11.8 Å². The molecule has 10 nitrogen and oxygen atoms in total. The standard InChI is InChI=1S/C24H23N5O5S/c1-2-24(17-8-4-3-5-9-17)21(32)29(22(33)27-24)15-19(30)26-11-12-28-20(31)18(35-23(28)34)13-16-7-6-10-25-14-16/h3-10,13-14H,2,11-12,15H2,1H3,(H,26,30)(H,27,33)/b18-13+. The molecule has 1 aromatic heterocycles. The number of carbonyl (C=O) groups is 5. The number of nitrogens with one attached hydrogen (secondary N) is 2. The first kappa shape index (κ1) is 24.1. The molecule has 2 aliphatic heterocycles. The lowest BCUT2D eigenvalue weighted by Gasteiger charge is -2.25. The first-order valence-electron chi connectivity index (χ1n) is 11.0. The molecule has 11 heteroatoms. The molecule has 0 bridgehead atoms. The lowest BCUT2D eigenvalue weighted by molar-refractivity contribution is -0.135. The third-order valence-corrected chi connectivity index (χ3v) is 6.70. The molecule has 2 aliphatic rings. The maximum absolute atomic E-state index is 13.1. The Morgan fingerprint density at radius 2 is 1.89 bits per heavy atom. The van der Waals surface area contributed by atoms with Gasteiger partial charge in [0.25, 0.3) is 17.1 Å². The molecule has 0 radical (unpaired) electrons. The molecule has 0 spiro atoms. The highest BCUT2D eigenvalue weighted by atomic mass is 32.2. The second kappa shape index (κ2) is 10.1. The molecular weight excluding hydrogens is 470 g/mol. The third-order valence-electron chi connectivity index (χ3n) is 5.79. The van der Waals surface area contributed by atoms with Crippen molar-refractivity contribution in [1.82, 2.24) is 25.4 Å². The Labute approximate surface area is 205 Å². The van der Waals surface area contributed by atoms with Crippen LogP contribution in [0.1, 0.15) is 24.5 Å². The summed E-state index contributed by atoms with van der Waals surface area (Å²) in [5.41, 5.74) is 0.113. The van der Waals surface area contributed by atoms with Gasteiger partial charge in [0.15, 0.2) is 0 Å². The van der Waals surface area contributed by atoms with Crippen molar-refractivity contribution in [2.75, 3.05) is 19.6 Å². The number of thioether (sulfide) groups is 1. The number of nitrogens with zero attached hydrogens (tertiary/aromatic N) is 3. The summed E-state index contributed by atoms with van der Waals surface area (Å²) >= 11 is 0.815. The first-order valence-corrected chi connectivity index (χ1v) is 11.8. The number of aromatic nitrogens is 1. The molecule has 1 atom stereocenters. The number of benzene rings is 1. The van der Waals surface area contributed by atoms with Gasteiger partial charge in [-0.2, -0.15) is 0 Å². The summed E-state index contributed by atoms with van der Waals surface area (Å²) in [7, 11) is 0. The maximum atomic E-state index is 13.1. The number of urea groups is 1. The van der Waals surface area contributed by atoms with Gasteiger partial charge in [0.2, 0.25) is 5.91 Å². The Kier molecular flexibility index (Phi) is 6.97. The molecule has 4 rings (SSSR count). The van der Waals surface area contributed by atoms with E-state index in [9.17, 15) is 24.0 Å². The Bertz CT molecular complexity index is 1200. The predicted molar refractivity (Wildman–Crippen MR) is 129 cm³/mol. The molecule has 0 saturated carbocycles. The second-order valence-electron chi connectivity index (χ2n) is 7.92. The molecule has 2 saturated heterocycles. The Morgan fingerprint density at radius 3 is 2.57 bits per heavy atom. The monoisotopic (exact) mass is 493 g/mol. The van der Waals surface area contributed by atoms with Crippen LogP contribution in [0.5, 0.6) is 0 Å². The number of carbonyl (C=O) groups excluding carboxylic acids is 5. The van der Waals surface area contributed by atoms with Gasteiger partial charge in [0, 0.05) is 25.5 Å². The molecule has 6 amide bonds. The summed E-state index contributed by atoms with van der Waals surface area (Å²) in [5.74, 6) is -1.54. The van der Waals surface area contributed by atoms with Crippen LogP contribution in [-0.2, 0) is 19.9 Å². The fraction of sp³-hybridized carbons (Fsp3) is 0.250. The summed E-state index contributed by atoms with van der Waals surface area (Å²) < 4.78 is 0. The van der Waals surface area contributed by atoms with Gasteiger partial charge in [-0.25, -0.2) is 4.79 Å². The normalized spacial score (nSPS) is 21.1. The quantitative estimate of drug-likeness (QED) is 0.426. The molecule has 2 N–H and O–H groups in total. The Morgan fingerprint density at radius 1 is 1.11 bits per heavy atom. The molecule has 3 heterocycles. The summed E-state index contributed by atoms with van der Waals surface area (Å²) in [4.78, 5) is 69.1. The predicted octanol–water partition coefficient (Wildman–Crippen LogP) is 2.09. The van der Waals surface area contributed by atoms with Gasteiger partial charge in [-0.3, -0.25) is 34.0 Å². The minimum atomic E-state index is -1.22. The van der Waals surface area contributed by atoms with E-state index in [4.69, 9.17) is 0 Å². The van der Waals surface area contributed by atoms with Crippen LogP contribution < -0.4 is 10.6 Å². The lowest BCUT2D eigenvalue weighted by Crippen LogP contribution is -2.45. The first-order chi connectivity index (χ1) is 16.9. The molecule has 1 aromatic carbocycles. The average Bonchev–Trinajstić information content (AvgIpc) is 3.27. The number of pyridine rings is 1. The molecule has 35 heavy (non-hydrogen) atoms. The van der Waals surface area contributed by atoms with Crippen LogP contribution in [-0.4, -0.2) is 63.4 Å². The minimum absolute atomic E-state index is 0.0156. The van der Waals surface area contributed by atoms with Crippen molar-refractivity contribution in [2.24, 2.45) is 0 Å². The van der Waals surface area contributed by atoms with E-state index in [1.165, 1.54) is 0 Å². The smallest absolute Gasteiger partial charge is 0.325 e. The van der Waals surface area contributed by atoms with Gasteiger partial charge in [-0.1, -0.05) is 43.3 Å². The topological polar surface area (TPSA) is 129 Å². The van der Waals surface area contributed by atoms with Gasteiger partial charge in [0.05, 0.1) is 4.91 Å². The van der Waals surface area contributed by atoms with E-state index >= 15 is 0 Å². The third kappa shape index (κ3) is 4.80. The largest absolute Gasteiger partial charge is 0.353 e. The zero-order chi connectivity index (χ0) is 25.0. The van der Waals surface area contributed by atoms with E-state index < -0.39 is 41.1 Å². The SMILES string of the molecule is CCC1(c2ccccc2)NC(=O)N(CC(=O)NCCN2C(=O)S/C(=C/c3cccnc3)C2=O)C1=O. The molecule has 2 aromatic rings. The van der Waals surface area contributed by atoms with E-state index in [0.717, 1.165) is 21.6 Å². The highest BCUT2D eigenvalue weighted by molar-refractivity contribution is 8.18. The van der Waals surface area contributed by atoms with Crippen LogP contribution in [0.15, 0.2) is 59.8 Å². The van der Waals surface area contributed by atoms with E-state index in [-0.39, 0.29) is 18.0 Å². The van der Waals surface area contributed by atoms with Crippen molar-refractivity contribution in [1.29, 1.82) is 0 Å². The second-order valence-corrected chi connectivity index (χ2v) is 8.91. The zero-order valence-electron chi connectivity index (χ0n) is 18.9. The van der Waals surface area contributed by atoms with Crippen LogP contribution in [0.2, 0.25) is 0 Å². The van der Waals surface area contributed by atoms with Crippen molar-refractivity contribution in [3.63, 3.8) is 0 Å². The minimum Gasteiger partial charge on any atom is -0.353 e. The summed E-state index contributed by atoms with van der Waals surface area (Å²) in [6.07, 6.45) is 5.09. The van der Waals surface area contributed by atoms with Crippen molar-refractivity contribution in [3.05, 3.63) is 70.9 Å². The number of imide groups is 2. The van der Waals surface area contributed by atoms with Crippen LogP contribution in [0.3, 0.4) is 0 Å². The van der Waals surface area contributed by atoms with Crippen LogP contribution in [0, 0.1) is 0 Å². The van der Waals surface area contributed by atoms with Gasteiger partial charge >= 0.3 is 6.03 Å². The molecular formula is C24H23N5O5S. The van der Waals surface area contributed by atoms with Gasteiger partial charge in [0.1, 0.15) is 12.1 Å². The molecule has 0 aliphatic carbocycles. The van der Waals surface area contributed by atoms with Crippen molar-refractivity contribution in [3.8, 4) is 0 Å². The summed E-state index contributed by atoms with van der Waals surface area (Å²) in [5, 5.41) is 4.85. The number of hydrogen-bond acceptors (Lipinski definition) is 7. The van der Waals surface area contributed by atoms with E-state index in [1.807, 2.05) is 6.07 Å². The summed E-state index contributed by atoms with van der Waals surface area (Å²) in [6.45, 7) is 1.26. The molecule has 2 fully saturated rings. The van der Waals surface area contributed by atoms with Gasteiger partial charge in [-0.15, -0.1) is 0 Å². The van der Waals surface area contributed by atoms with Crippen molar-refractivity contribution >= 4 is 46.8 Å². The van der Waals surface area contributed by atoms with Crippen molar-refractivity contribution < 1.29 is 24.0 Å². The van der Waals surface area contributed by atoms with E-state index in [0.29, 0.717) is 17.5 Å². The fourth-order valence-electron chi connectivity index (χ4n) is 3.94. The van der Waals surface area contributed by atoms with Crippen molar-refractivity contribution in [2.45, 2.75) is 18.9 Å². The molecule has 180 valence electrons. The average molecular weight is 494 g/mol. The highest BCUT2D eigenvalue weighted by Gasteiger charge is 2.51. The number of rotatable bonds is 8. The van der Waals surface area contributed by atoms with Crippen LogP contribution in [0.4, 0.5) is 9.59 Å². The number of amides is 6. The maximum Gasteiger partial charge on any atom is 0.325 e. The van der Waals surface area contributed by atoms with E-state index in [1.54, 1.807) is 61.8 Å². The Hall–Kier alpha value is -3.99. The Balaban J connectivity index is 1.33. The summed E-state index contributed by atoms with van der Waals surface area (Å²) in [6, 6.07) is 11.7. The lowest BCUT2D eigenvalue weighted by atomic mass is 9.87. The number of hydrogen-bond donors (Lipinski definition) is 2.